The van der Waals surface area contributed by atoms with Crippen LogP contribution in [0.5, 0.6) is 5.75 Å². The smallest absolute Gasteiger partial charge is 0.339 e. The molecular weight excluding hydrogens is 402 g/mol. The number of hydrogen-bond acceptors (Lipinski definition) is 3. The topological polar surface area (TPSA) is 79.5 Å². The molecule has 1 aliphatic carbocycles. The summed E-state index contributed by atoms with van der Waals surface area (Å²) in [6.07, 6.45) is 1.53. The Morgan fingerprint density at radius 2 is 1.62 bits per heavy atom. The first-order valence-electron chi connectivity index (χ1n) is 10.5. The van der Waals surface area contributed by atoms with E-state index in [4.69, 9.17) is 0 Å². The highest BCUT2D eigenvalue weighted by Crippen LogP contribution is 2.45. The second kappa shape index (κ2) is 7.54. The summed E-state index contributed by atoms with van der Waals surface area (Å²) >= 11 is 0. The number of nitrogens with zero attached hydrogens (tertiary/aromatic N) is 1. The second-order valence-corrected chi connectivity index (χ2v) is 7.97. The normalized spacial score (nSPS) is 12.2. The van der Waals surface area contributed by atoms with E-state index in [0.29, 0.717) is 17.7 Å². The monoisotopic (exact) mass is 423 g/mol. The van der Waals surface area contributed by atoms with Gasteiger partial charge in [0.1, 0.15) is 11.3 Å². The Labute approximate surface area is 185 Å². The van der Waals surface area contributed by atoms with Crippen molar-refractivity contribution < 1.29 is 19.8 Å². The van der Waals surface area contributed by atoms with E-state index in [1.54, 1.807) is 13.0 Å². The molecule has 4 aromatic rings. The second-order valence-electron chi connectivity index (χ2n) is 7.97. The van der Waals surface area contributed by atoms with Gasteiger partial charge in [-0.1, -0.05) is 54.6 Å². The van der Waals surface area contributed by atoms with Crippen LogP contribution in [0.3, 0.4) is 0 Å². The van der Waals surface area contributed by atoms with Crippen molar-refractivity contribution in [2.75, 3.05) is 0 Å². The minimum atomic E-state index is -1.20. The number of phenols is 1. The first-order chi connectivity index (χ1) is 15.5. The lowest BCUT2D eigenvalue weighted by Gasteiger charge is -2.20. The SMILES string of the molecule is CC(=O)c1c2c(n(-c3ccc(O)c(C(=O)O)c3)c1-c1ccccc1)CCc1ccccc1-2. The third kappa shape index (κ3) is 3.02. The molecule has 0 aliphatic heterocycles. The molecule has 0 saturated carbocycles. The van der Waals surface area contributed by atoms with E-state index in [9.17, 15) is 19.8 Å². The molecule has 5 heteroatoms. The predicted octanol–water partition coefficient (Wildman–Crippen LogP) is 5.52. The van der Waals surface area contributed by atoms with Gasteiger partial charge in [0.15, 0.2) is 5.78 Å². The van der Waals surface area contributed by atoms with Crippen molar-refractivity contribution in [3.05, 3.63) is 95.2 Å². The van der Waals surface area contributed by atoms with Gasteiger partial charge in [-0.2, -0.15) is 0 Å². The number of aromatic hydroxyl groups is 1. The zero-order valence-electron chi connectivity index (χ0n) is 17.5. The number of fused-ring (bicyclic) bond motifs is 3. The van der Waals surface area contributed by atoms with Crippen molar-refractivity contribution in [2.45, 2.75) is 19.8 Å². The summed E-state index contributed by atoms with van der Waals surface area (Å²) < 4.78 is 1.99. The summed E-state index contributed by atoms with van der Waals surface area (Å²) in [4.78, 5) is 24.8. The van der Waals surface area contributed by atoms with E-state index in [-0.39, 0.29) is 17.1 Å². The van der Waals surface area contributed by atoms with Gasteiger partial charge in [0.25, 0.3) is 0 Å². The van der Waals surface area contributed by atoms with Crippen molar-refractivity contribution in [2.24, 2.45) is 0 Å². The Balaban J connectivity index is 1.93. The molecule has 0 unspecified atom stereocenters. The Bertz CT molecular complexity index is 1380. The van der Waals surface area contributed by atoms with E-state index in [1.165, 1.54) is 17.7 Å². The van der Waals surface area contributed by atoms with Crippen LogP contribution in [-0.4, -0.2) is 26.5 Å². The van der Waals surface area contributed by atoms with Gasteiger partial charge in [-0.05, 0) is 54.7 Å². The number of carbonyl (C=O) groups excluding carboxylic acids is 1. The van der Waals surface area contributed by atoms with Crippen molar-refractivity contribution >= 4 is 11.8 Å². The Hall–Kier alpha value is -4.12. The lowest BCUT2D eigenvalue weighted by atomic mass is 9.86. The maximum Gasteiger partial charge on any atom is 0.339 e. The fourth-order valence-electron chi connectivity index (χ4n) is 4.72. The Morgan fingerprint density at radius 3 is 2.34 bits per heavy atom. The average Bonchev–Trinajstić information content (AvgIpc) is 3.16. The fraction of sp³-hybridized carbons (Fsp3) is 0.111. The lowest BCUT2D eigenvalue weighted by Crippen LogP contribution is -2.09. The number of carboxylic acid groups (broad SMARTS) is 1. The molecule has 0 bridgehead atoms. The number of hydrogen-bond donors (Lipinski definition) is 2. The van der Waals surface area contributed by atoms with E-state index in [1.807, 2.05) is 53.1 Å². The van der Waals surface area contributed by atoms with Crippen LogP contribution >= 0.6 is 0 Å². The van der Waals surface area contributed by atoms with Crippen LogP contribution in [0.2, 0.25) is 0 Å². The minimum Gasteiger partial charge on any atom is -0.507 e. The molecule has 2 N–H and O–H groups in total. The van der Waals surface area contributed by atoms with Crippen LogP contribution in [0.15, 0.2) is 72.8 Å². The molecule has 158 valence electrons. The number of carboxylic acids is 1. The molecule has 0 radical (unpaired) electrons. The summed E-state index contributed by atoms with van der Waals surface area (Å²) in [6, 6.07) is 22.3. The predicted molar refractivity (Wildman–Crippen MR) is 123 cm³/mol. The van der Waals surface area contributed by atoms with Gasteiger partial charge in [0, 0.05) is 16.9 Å². The third-order valence-electron chi connectivity index (χ3n) is 6.05. The van der Waals surface area contributed by atoms with Crippen molar-refractivity contribution in [3.63, 3.8) is 0 Å². The van der Waals surface area contributed by atoms with Gasteiger partial charge >= 0.3 is 5.97 Å². The number of ketones is 1. The summed E-state index contributed by atoms with van der Waals surface area (Å²) in [5, 5.41) is 19.6. The molecule has 1 aromatic heterocycles. The highest BCUT2D eigenvalue weighted by molar-refractivity contribution is 6.08. The largest absolute Gasteiger partial charge is 0.507 e. The summed E-state index contributed by atoms with van der Waals surface area (Å²) in [7, 11) is 0. The molecule has 1 heterocycles. The van der Waals surface area contributed by atoms with Gasteiger partial charge < -0.3 is 14.8 Å². The molecule has 3 aromatic carbocycles. The molecule has 0 atom stereocenters. The quantitative estimate of drug-likeness (QED) is 0.424. The van der Waals surface area contributed by atoms with E-state index in [0.717, 1.165) is 34.5 Å². The van der Waals surface area contributed by atoms with Crippen LogP contribution in [0.1, 0.15) is 38.9 Å². The van der Waals surface area contributed by atoms with Crippen LogP contribution in [0, 0.1) is 0 Å². The number of carbonyl (C=O) groups is 2. The average molecular weight is 423 g/mol. The van der Waals surface area contributed by atoms with E-state index in [2.05, 4.69) is 6.07 Å². The molecule has 5 rings (SSSR count). The number of aryl methyl sites for hydroxylation is 1. The minimum absolute atomic E-state index is 0.0483. The summed E-state index contributed by atoms with van der Waals surface area (Å²) in [5.74, 6) is -1.54. The van der Waals surface area contributed by atoms with Crippen molar-refractivity contribution in [3.8, 4) is 33.8 Å². The van der Waals surface area contributed by atoms with Gasteiger partial charge in [0.05, 0.1) is 11.3 Å². The molecule has 5 nitrogen and oxygen atoms in total. The van der Waals surface area contributed by atoms with Gasteiger partial charge in [-0.25, -0.2) is 4.79 Å². The third-order valence-corrected chi connectivity index (χ3v) is 6.05. The van der Waals surface area contributed by atoms with Crippen LogP contribution in [0.25, 0.3) is 28.1 Å². The highest BCUT2D eigenvalue weighted by Gasteiger charge is 2.31. The molecule has 32 heavy (non-hydrogen) atoms. The van der Waals surface area contributed by atoms with Crippen LogP contribution in [0.4, 0.5) is 0 Å². The molecule has 0 fully saturated rings. The zero-order valence-corrected chi connectivity index (χ0v) is 17.5. The molecule has 0 spiro atoms. The van der Waals surface area contributed by atoms with Gasteiger partial charge in [-0.3, -0.25) is 4.79 Å². The molecule has 1 aliphatic rings. The van der Waals surface area contributed by atoms with Crippen molar-refractivity contribution in [1.82, 2.24) is 4.57 Å². The van der Waals surface area contributed by atoms with Gasteiger partial charge in [0.2, 0.25) is 0 Å². The summed E-state index contributed by atoms with van der Waals surface area (Å²) in [5.41, 5.74) is 6.76. The zero-order chi connectivity index (χ0) is 22.4. The molecule has 0 amide bonds. The molecule has 0 saturated heterocycles. The van der Waals surface area contributed by atoms with Crippen molar-refractivity contribution in [1.29, 1.82) is 0 Å². The number of aromatic nitrogens is 1. The Kier molecular flexibility index (Phi) is 4.67. The van der Waals surface area contributed by atoms with Crippen LogP contribution < -0.4 is 0 Å². The van der Waals surface area contributed by atoms with Gasteiger partial charge in [-0.15, -0.1) is 0 Å². The summed E-state index contributed by atoms with van der Waals surface area (Å²) in [6.45, 7) is 1.57. The Morgan fingerprint density at radius 1 is 0.906 bits per heavy atom. The van der Waals surface area contributed by atoms with Crippen LogP contribution in [-0.2, 0) is 12.8 Å². The first kappa shape index (κ1) is 19.8. The highest BCUT2D eigenvalue weighted by atomic mass is 16.4. The number of benzene rings is 3. The fourth-order valence-corrected chi connectivity index (χ4v) is 4.72. The number of Topliss-reactive ketones (excluding diaryl/α,β-unsaturated/α-hetero) is 1. The maximum atomic E-state index is 13.0. The maximum absolute atomic E-state index is 13.0. The van der Waals surface area contributed by atoms with E-state index >= 15 is 0 Å². The number of rotatable bonds is 4. The number of aromatic carboxylic acids is 1. The standard InChI is InChI=1S/C27H21NO4/c1-16(29)24-25-20-10-6-5-7-17(20)11-13-22(25)28(26(24)18-8-3-2-4-9-18)19-12-14-23(30)21(15-19)27(31)32/h2-10,12,14-15,30H,11,13H2,1H3,(H,31,32). The first-order valence-corrected chi connectivity index (χ1v) is 10.5. The molecular formula is C27H21NO4. The van der Waals surface area contributed by atoms with E-state index < -0.39 is 5.97 Å². The lowest BCUT2D eigenvalue weighted by molar-refractivity contribution is 0.0693.